The molecule has 4 N–H and O–H groups in total. The number of rotatable bonds is 9. The molecule has 0 spiro atoms. The van der Waals surface area contributed by atoms with Crippen molar-refractivity contribution in [3.8, 4) is 11.1 Å². The van der Waals surface area contributed by atoms with E-state index in [1.807, 2.05) is 42.5 Å². The first-order valence-corrected chi connectivity index (χ1v) is 9.67. The molecule has 2 aromatic rings. The van der Waals surface area contributed by atoms with E-state index >= 15 is 0 Å². The lowest BCUT2D eigenvalue weighted by molar-refractivity contribution is -0.143. The largest absolute Gasteiger partial charge is 0.503 e. The van der Waals surface area contributed by atoms with Gasteiger partial charge in [0.15, 0.2) is 5.76 Å². The Morgan fingerprint density at radius 2 is 1.87 bits per heavy atom. The molecule has 2 aromatic carbocycles. The summed E-state index contributed by atoms with van der Waals surface area (Å²) in [7, 11) is 0. The quantitative estimate of drug-likeness (QED) is 0.321. The number of amides is 2. The van der Waals surface area contributed by atoms with Crippen molar-refractivity contribution in [1.82, 2.24) is 5.32 Å². The normalized spacial score (nSPS) is 12.1. The molecule has 0 unspecified atom stereocenters. The van der Waals surface area contributed by atoms with Crippen LogP contribution in [0.4, 0.5) is 0 Å². The number of carbonyl (C=O) groups is 3. The molecular weight excluding hydrogens is 408 g/mol. The number of halogens is 1. The predicted octanol–water partition coefficient (Wildman–Crippen LogP) is 2.91. The number of aliphatic hydroxyl groups is 1. The van der Waals surface area contributed by atoms with Crippen LogP contribution < -0.4 is 11.1 Å². The third kappa shape index (κ3) is 7.25. The van der Waals surface area contributed by atoms with E-state index in [2.05, 4.69) is 5.32 Å². The second-order valence-electron chi connectivity index (χ2n) is 6.52. The van der Waals surface area contributed by atoms with Gasteiger partial charge in [-0.2, -0.15) is 0 Å². The van der Waals surface area contributed by atoms with E-state index in [-0.39, 0.29) is 13.0 Å². The Hall–Kier alpha value is -3.32. The van der Waals surface area contributed by atoms with E-state index in [1.165, 1.54) is 0 Å². The number of primary amides is 1. The molecule has 30 heavy (non-hydrogen) atoms. The minimum atomic E-state index is -0.957. The zero-order chi connectivity index (χ0) is 22.1. The average Bonchev–Trinajstić information content (AvgIpc) is 2.68. The standard InChI is InChI=1S/C22H23ClN2O5/c1-2-30-21(28)12-18(25-22(29)19(26)13-20(24)27)10-14-6-8-15(9-7-14)16-4-3-5-17(23)11-16/h3-9,11,13,18,26H,2,10,12H2,1H3,(H2,24,27)(H,25,29)/b19-13-/t18-/m1/s1. The first-order chi connectivity index (χ1) is 14.3. The third-order valence-corrected chi connectivity index (χ3v) is 4.39. The lowest BCUT2D eigenvalue weighted by Gasteiger charge is -2.18. The number of hydrogen-bond donors (Lipinski definition) is 3. The number of nitrogens with one attached hydrogen (secondary N) is 1. The third-order valence-electron chi connectivity index (χ3n) is 4.16. The highest BCUT2D eigenvalue weighted by molar-refractivity contribution is 6.30. The fourth-order valence-corrected chi connectivity index (χ4v) is 3.03. The fraction of sp³-hybridized carbons (Fsp3) is 0.227. The van der Waals surface area contributed by atoms with Crippen LogP contribution in [-0.4, -0.2) is 35.5 Å². The van der Waals surface area contributed by atoms with Crippen molar-refractivity contribution in [2.24, 2.45) is 5.73 Å². The maximum atomic E-state index is 12.1. The second kappa shape index (κ2) is 11.0. The summed E-state index contributed by atoms with van der Waals surface area (Å²) < 4.78 is 4.95. The van der Waals surface area contributed by atoms with Crippen molar-refractivity contribution in [2.45, 2.75) is 25.8 Å². The maximum Gasteiger partial charge on any atom is 0.307 e. The first-order valence-electron chi connectivity index (χ1n) is 9.30. The molecule has 0 aliphatic rings. The second-order valence-corrected chi connectivity index (χ2v) is 6.96. The van der Waals surface area contributed by atoms with Gasteiger partial charge < -0.3 is 20.9 Å². The lowest BCUT2D eigenvalue weighted by atomic mass is 9.99. The summed E-state index contributed by atoms with van der Waals surface area (Å²) in [6.45, 7) is 1.89. The molecule has 0 aliphatic carbocycles. The van der Waals surface area contributed by atoms with Crippen molar-refractivity contribution in [2.75, 3.05) is 6.61 Å². The number of aliphatic hydroxyl groups excluding tert-OH is 1. The molecular formula is C22H23ClN2O5. The number of ether oxygens (including phenoxy) is 1. The van der Waals surface area contributed by atoms with Gasteiger partial charge in [0.1, 0.15) is 0 Å². The summed E-state index contributed by atoms with van der Waals surface area (Å²) in [5.41, 5.74) is 7.73. The molecule has 8 heteroatoms. The Bertz CT molecular complexity index is 941. The van der Waals surface area contributed by atoms with Crippen LogP contribution in [0.1, 0.15) is 18.9 Å². The van der Waals surface area contributed by atoms with Crippen LogP contribution in [0.2, 0.25) is 5.02 Å². The van der Waals surface area contributed by atoms with Crippen LogP contribution >= 0.6 is 11.6 Å². The summed E-state index contributed by atoms with van der Waals surface area (Å²) in [5, 5.41) is 12.8. The van der Waals surface area contributed by atoms with Crippen molar-refractivity contribution < 1.29 is 24.2 Å². The molecule has 7 nitrogen and oxygen atoms in total. The van der Waals surface area contributed by atoms with Gasteiger partial charge in [-0.3, -0.25) is 14.4 Å². The van der Waals surface area contributed by atoms with Gasteiger partial charge in [0, 0.05) is 11.1 Å². The molecule has 0 fully saturated rings. The van der Waals surface area contributed by atoms with Crippen molar-refractivity contribution in [3.05, 3.63) is 71.0 Å². The maximum absolute atomic E-state index is 12.1. The number of benzene rings is 2. The Kier molecular flexibility index (Phi) is 8.43. The average molecular weight is 431 g/mol. The minimum Gasteiger partial charge on any atom is -0.503 e. The summed E-state index contributed by atoms with van der Waals surface area (Å²) >= 11 is 6.04. The van der Waals surface area contributed by atoms with E-state index in [4.69, 9.17) is 22.1 Å². The van der Waals surface area contributed by atoms with E-state index in [0.29, 0.717) is 17.5 Å². The van der Waals surface area contributed by atoms with Crippen LogP contribution in [0.3, 0.4) is 0 Å². The van der Waals surface area contributed by atoms with Crippen molar-refractivity contribution in [1.29, 1.82) is 0 Å². The van der Waals surface area contributed by atoms with Crippen LogP contribution in [0.25, 0.3) is 11.1 Å². The highest BCUT2D eigenvalue weighted by Gasteiger charge is 2.20. The fourth-order valence-electron chi connectivity index (χ4n) is 2.84. The highest BCUT2D eigenvalue weighted by Crippen LogP contribution is 2.23. The molecule has 1 atom stereocenters. The molecule has 2 amide bonds. The van der Waals surface area contributed by atoms with Crippen LogP contribution in [0.15, 0.2) is 60.4 Å². The smallest absolute Gasteiger partial charge is 0.307 e. The van der Waals surface area contributed by atoms with Gasteiger partial charge in [0.2, 0.25) is 5.91 Å². The van der Waals surface area contributed by atoms with Gasteiger partial charge in [-0.1, -0.05) is 48.0 Å². The molecule has 0 heterocycles. The molecule has 0 bridgehead atoms. The molecule has 0 aromatic heterocycles. The highest BCUT2D eigenvalue weighted by atomic mass is 35.5. The van der Waals surface area contributed by atoms with Gasteiger partial charge in [-0.05, 0) is 42.2 Å². The monoisotopic (exact) mass is 430 g/mol. The molecule has 158 valence electrons. The van der Waals surface area contributed by atoms with E-state index in [1.54, 1.807) is 13.0 Å². The number of esters is 1. The molecule has 0 aliphatic heterocycles. The Morgan fingerprint density at radius 1 is 1.17 bits per heavy atom. The van der Waals surface area contributed by atoms with Crippen LogP contribution in [-0.2, 0) is 25.5 Å². The van der Waals surface area contributed by atoms with Crippen molar-refractivity contribution in [3.63, 3.8) is 0 Å². The summed E-state index contributed by atoms with van der Waals surface area (Å²) in [6, 6.07) is 14.4. The Balaban J connectivity index is 2.15. The Labute approximate surface area is 179 Å². The zero-order valence-corrected chi connectivity index (χ0v) is 17.2. The molecule has 0 saturated heterocycles. The lowest BCUT2D eigenvalue weighted by Crippen LogP contribution is -2.39. The predicted molar refractivity (Wildman–Crippen MR) is 114 cm³/mol. The zero-order valence-electron chi connectivity index (χ0n) is 16.4. The summed E-state index contributed by atoms with van der Waals surface area (Å²) in [6.07, 6.45) is 0.820. The van der Waals surface area contributed by atoms with E-state index in [0.717, 1.165) is 16.7 Å². The molecule has 2 rings (SSSR count). The Morgan fingerprint density at radius 3 is 2.47 bits per heavy atom. The van der Waals surface area contributed by atoms with Crippen LogP contribution in [0, 0.1) is 0 Å². The van der Waals surface area contributed by atoms with E-state index < -0.39 is 29.6 Å². The number of nitrogens with two attached hydrogens (primary N) is 1. The van der Waals surface area contributed by atoms with Crippen molar-refractivity contribution >= 4 is 29.4 Å². The van der Waals surface area contributed by atoms with Gasteiger partial charge in [-0.15, -0.1) is 0 Å². The topological polar surface area (TPSA) is 119 Å². The van der Waals surface area contributed by atoms with Gasteiger partial charge >= 0.3 is 5.97 Å². The number of carbonyl (C=O) groups excluding carboxylic acids is 3. The number of hydrogen-bond acceptors (Lipinski definition) is 5. The minimum absolute atomic E-state index is 0.0977. The molecule has 0 radical (unpaired) electrons. The van der Waals surface area contributed by atoms with Gasteiger partial charge in [0.05, 0.1) is 19.1 Å². The summed E-state index contributed by atoms with van der Waals surface area (Å²) in [5.74, 6) is -3.18. The SMILES string of the molecule is CCOC(=O)C[C@@H](Cc1ccc(-c2cccc(Cl)c2)cc1)NC(=O)/C(O)=C/C(N)=O. The van der Waals surface area contributed by atoms with Gasteiger partial charge in [-0.25, -0.2) is 0 Å². The van der Waals surface area contributed by atoms with E-state index in [9.17, 15) is 19.5 Å². The molecule has 0 saturated carbocycles. The van der Waals surface area contributed by atoms with Crippen LogP contribution in [0.5, 0.6) is 0 Å². The van der Waals surface area contributed by atoms with Gasteiger partial charge in [0.25, 0.3) is 5.91 Å². The summed E-state index contributed by atoms with van der Waals surface area (Å²) in [4.78, 5) is 34.8. The first kappa shape index (κ1) is 23.0.